The summed E-state index contributed by atoms with van der Waals surface area (Å²) in [5, 5.41) is 13.8. The third-order valence-electron chi connectivity index (χ3n) is 4.73. The number of anilines is 1. The molecule has 2 heterocycles. The number of benzene rings is 1. The van der Waals surface area contributed by atoms with Crippen molar-refractivity contribution < 1.29 is 4.79 Å². The lowest BCUT2D eigenvalue weighted by Crippen LogP contribution is -2.32. The van der Waals surface area contributed by atoms with Crippen LogP contribution in [-0.2, 0) is 4.79 Å². The molecule has 1 aliphatic carbocycles. The Morgan fingerprint density at radius 1 is 1.23 bits per heavy atom. The molecule has 26 heavy (non-hydrogen) atoms. The van der Waals surface area contributed by atoms with Crippen molar-refractivity contribution in [3.8, 4) is 10.6 Å². The van der Waals surface area contributed by atoms with Crippen molar-refractivity contribution in [3.05, 3.63) is 29.4 Å². The smallest absolute Gasteiger partial charge is 0.229 e. The molecule has 1 aliphatic rings. The van der Waals surface area contributed by atoms with Crippen LogP contribution < -0.4 is 11.1 Å². The molecule has 1 saturated carbocycles. The lowest BCUT2D eigenvalue weighted by Gasteiger charge is -2.24. The number of hydrogen-bond acceptors (Lipinski definition) is 7. The number of rotatable bonds is 3. The maximum Gasteiger partial charge on any atom is 0.229 e. The Morgan fingerprint density at radius 2 is 2.04 bits per heavy atom. The van der Waals surface area contributed by atoms with E-state index in [-0.39, 0.29) is 17.9 Å². The monoisotopic (exact) mass is 368 g/mol. The predicted octanol–water partition coefficient (Wildman–Crippen LogP) is 2.91. The minimum atomic E-state index is -0.0212. The first-order valence-electron chi connectivity index (χ1n) is 8.72. The van der Waals surface area contributed by atoms with Crippen LogP contribution in [0.25, 0.3) is 21.5 Å². The molecule has 0 unspecified atom stereocenters. The quantitative estimate of drug-likeness (QED) is 0.736. The fraction of sp³-hybridized carbons (Fsp3) is 0.389. The van der Waals surface area contributed by atoms with E-state index in [1.165, 1.54) is 11.3 Å². The Labute approximate surface area is 155 Å². The van der Waals surface area contributed by atoms with Gasteiger partial charge in [-0.2, -0.15) is 0 Å². The third kappa shape index (κ3) is 3.56. The van der Waals surface area contributed by atoms with Crippen LogP contribution in [0.3, 0.4) is 0 Å². The highest BCUT2D eigenvalue weighted by atomic mass is 32.1. The van der Waals surface area contributed by atoms with Crippen molar-refractivity contribution in [2.24, 2.45) is 11.7 Å². The summed E-state index contributed by atoms with van der Waals surface area (Å²) in [6.07, 6.45) is 5.15. The topological polar surface area (TPSA) is 107 Å². The maximum absolute atomic E-state index is 12.5. The second-order valence-corrected chi connectivity index (χ2v) is 7.88. The molecule has 0 bridgehead atoms. The average Bonchev–Trinajstić information content (AvgIpc) is 3.08. The van der Waals surface area contributed by atoms with Crippen molar-refractivity contribution in [1.82, 2.24) is 20.2 Å². The van der Waals surface area contributed by atoms with Gasteiger partial charge < -0.3 is 5.73 Å². The van der Waals surface area contributed by atoms with Gasteiger partial charge in [-0.15, -0.1) is 10.2 Å². The van der Waals surface area contributed by atoms with E-state index in [4.69, 9.17) is 5.73 Å². The zero-order valence-electron chi connectivity index (χ0n) is 14.5. The van der Waals surface area contributed by atoms with Crippen molar-refractivity contribution in [2.75, 3.05) is 5.32 Å². The Morgan fingerprint density at radius 3 is 2.77 bits per heavy atom. The standard InChI is InChI=1S/C18H20N6OS/c1-10-23-24-17(26-10)12-2-3-13-9-20-18(21-15(13)8-12)22-16(25)11-4-6-14(19)7-5-11/h2-3,8-9,11,14H,4-7,19H2,1H3,(H,20,21,22,25)/t11-,14-. The van der Waals surface area contributed by atoms with E-state index in [0.29, 0.717) is 5.95 Å². The Hall–Kier alpha value is -2.45. The van der Waals surface area contributed by atoms with Gasteiger partial charge in [-0.1, -0.05) is 23.5 Å². The molecule has 1 aromatic carbocycles. The highest BCUT2D eigenvalue weighted by molar-refractivity contribution is 7.14. The van der Waals surface area contributed by atoms with Crippen LogP contribution in [0, 0.1) is 12.8 Å². The van der Waals surface area contributed by atoms with Gasteiger partial charge in [0.2, 0.25) is 11.9 Å². The number of aromatic nitrogens is 4. The van der Waals surface area contributed by atoms with E-state index in [1.807, 2.05) is 25.1 Å². The van der Waals surface area contributed by atoms with E-state index >= 15 is 0 Å². The third-order valence-corrected chi connectivity index (χ3v) is 5.62. The molecule has 0 spiro atoms. The SMILES string of the molecule is Cc1nnc(-c2ccc3cnc(NC(=O)[C@H]4CC[C@H](N)CC4)nc3c2)s1. The Balaban J connectivity index is 1.55. The van der Waals surface area contributed by atoms with E-state index in [9.17, 15) is 4.79 Å². The fourth-order valence-electron chi connectivity index (χ4n) is 3.22. The Kier molecular flexibility index (Phi) is 4.60. The summed E-state index contributed by atoms with van der Waals surface area (Å²) in [6, 6.07) is 6.11. The van der Waals surface area contributed by atoms with Gasteiger partial charge in [0.15, 0.2) is 0 Å². The zero-order chi connectivity index (χ0) is 18.1. The molecule has 7 nitrogen and oxygen atoms in total. The molecule has 134 valence electrons. The number of aryl methyl sites for hydroxylation is 1. The molecule has 1 fully saturated rings. The number of hydrogen-bond donors (Lipinski definition) is 2. The summed E-state index contributed by atoms with van der Waals surface area (Å²) < 4.78 is 0. The number of nitrogens with zero attached hydrogens (tertiary/aromatic N) is 4. The van der Waals surface area contributed by atoms with Gasteiger partial charge in [0.1, 0.15) is 10.0 Å². The molecular weight excluding hydrogens is 348 g/mol. The van der Waals surface area contributed by atoms with Gasteiger partial charge in [-0.05, 0) is 38.7 Å². The van der Waals surface area contributed by atoms with E-state index < -0.39 is 0 Å². The summed E-state index contributed by atoms with van der Waals surface area (Å²) in [5.74, 6) is 0.305. The lowest BCUT2D eigenvalue weighted by molar-refractivity contribution is -0.120. The molecule has 2 aromatic heterocycles. The molecular formula is C18H20N6OS. The first-order chi connectivity index (χ1) is 12.6. The van der Waals surface area contributed by atoms with Crippen molar-refractivity contribution in [1.29, 1.82) is 0 Å². The molecule has 3 aromatic rings. The van der Waals surface area contributed by atoms with E-state index in [1.54, 1.807) is 6.20 Å². The maximum atomic E-state index is 12.5. The van der Waals surface area contributed by atoms with Crippen molar-refractivity contribution in [3.63, 3.8) is 0 Å². The summed E-state index contributed by atoms with van der Waals surface area (Å²) in [4.78, 5) is 21.2. The van der Waals surface area contributed by atoms with Crippen LogP contribution in [0.15, 0.2) is 24.4 Å². The number of nitrogens with two attached hydrogens (primary N) is 1. The fourth-order valence-corrected chi connectivity index (χ4v) is 3.91. The highest BCUT2D eigenvalue weighted by Crippen LogP contribution is 2.27. The summed E-state index contributed by atoms with van der Waals surface area (Å²) in [7, 11) is 0. The number of carbonyl (C=O) groups excluding carboxylic acids is 1. The number of carbonyl (C=O) groups is 1. The average molecular weight is 368 g/mol. The molecule has 0 atom stereocenters. The zero-order valence-corrected chi connectivity index (χ0v) is 15.3. The van der Waals surface area contributed by atoms with E-state index in [0.717, 1.165) is 52.2 Å². The number of nitrogens with one attached hydrogen (secondary N) is 1. The molecule has 4 rings (SSSR count). The molecule has 3 N–H and O–H groups in total. The van der Waals surface area contributed by atoms with Crippen LogP contribution in [0.5, 0.6) is 0 Å². The van der Waals surface area contributed by atoms with Crippen LogP contribution in [0.1, 0.15) is 30.7 Å². The van der Waals surface area contributed by atoms with Crippen LogP contribution >= 0.6 is 11.3 Å². The van der Waals surface area contributed by atoms with Gasteiger partial charge in [0.05, 0.1) is 5.52 Å². The Bertz CT molecular complexity index is 948. The molecule has 8 heteroatoms. The number of amides is 1. The number of fused-ring (bicyclic) bond motifs is 1. The highest BCUT2D eigenvalue weighted by Gasteiger charge is 2.25. The molecule has 0 radical (unpaired) electrons. The van der Waals surface area contributed by atoms with Crippen LogP contribution in [0.2, 0.25) is 0 Å². The van der Waals surface area contributed by atoms with Gasteiger partial charge >= 0.3 is 0 Å². The van der Waals surface area contributed by atoms with Crippen LogP contribution in [-0.4, -0.2) is 32.1 Å². The second-order valence-electron chi connectivity index (χ2n) is 6.69. The second kappa shape index (κ2) is 7.05. The predicted molar refractivity (Wildman–Crippen MR) is 102 cm³/mol. The summed E-state index contributed by atoms with van der Waals surface area (Å²) >= 11 is 1.54. The van der Waals surface area contributed by atoms with Gasteiger partial charge in [0.25, 0.3) is 0 Å². The normalized spacial score (nSPS) is 20.2. The summed E-state index contributed by atoms with van der Waals surface area (Å²) in [5.41, 5.74) is 7.64. The molecule has 0 saturated heterocycles. The van der Waals surface area contributed by atoms with E-state index in [2.05, 4.69) is 25.5 Å². The minimum Gasteiger partial charge on any atom is -0.328 e. The summed E-state index contributed by atoms with van der Waals surface area (Å²) in [6.45, 7) is 1.93. The lowest BCUT2D eigenvalue weighted by atomic mass is 9.86. The molecule has 1 amide bonds. The van der Waals surface area contributed by atoms with Crippen molar-refractivity contribution in [2.45, 2.75) is 38.6 Å². The molecule has 0 aliphatic heterocycles. The minimum absolute atomic E-state index is 0.00944. The van der Waals surface area contributed by atoms with Gasteiger partial charge in [0, 0.05) is 29.1 Å². The van der Waals surface area contributed by atoms with Crippen molar-refractivity contribution >= 4 is 34.1 Å². The first kappa shape index (κ1) is 17.0. The van der Waals surface area contributed by atoms with Gasteiger partial charge in [-0.3, -0.25) is 10.1 Å². The first-order valence-corrected chi connectivity index (χ1v) is 9.54. The van der Waals surface area contributed by atoms with Gasteiger partial charge in [-0.25, -0.2) is 9.97 Å². The largest absolute Gasteiger partial charge is 0.328 e. The van der Waals surface area contributed by atoms with Crippen LogP contribution in [0.4, 0.5) is 5.95 Å².